The van der Waals surface area contributed by atoms with E-state index < -0.39 is 5.91 Å². The second kappa shape index (κ2) is 4.50. The third-order valence-corrected chi connectivity index (χ3v) is 1.73. The highest BCUT2D eigenvalue weighted by Gasteiger charge is 2.08. The summed E-state index contributed by atoms with van der Waals surface area (Å²) in [7, 11) is 0. The number of hydrogen-bond acceptors (Lipinski definition) is 3. The average Bonchev–Trinajstić information content (AvgIpc) is 2.14. The summed E-state index contributed by atoms with van der Waals surface area (Å²) in [6, 6.07) is 4.80. The van der Waals surface area contributed by atoms with Gasteiger partial charge < -0.3 is 16.2 Å². The first-order chi connectivity index (χ1) is 6.65. The van der Waals surface area contributed by atoms with Crippen LogP contribution in [0.3, 0.4) is 0 Å². The summed E-state index contributed by atoms with van der Waals surface area (Å²) >= 11 is 0. The van der Waals surface area contributed by atoms with Crippen molar-refractivity contribution >= 4 is 11.6 Å². The molecule has 1 amide bonds. The van der Waals surface area contributed by atoms with Crippen molar-refractivity contribution in [2.24, 2.45) is 5.73 Å². The highest BCUT2D eigenvalue weighted by Crippen LogP contribution is 2.21. The van der Waals surface area contributed by atoms with Gasteiger partial charge in [0.1, 0.15) is 5.75 Å². The molecule has 0 aliphatic heterocycles. The van der Waals surface area contributed by atoms with Gasteiger partial charge in [-0.1, -0.05) is 6.92 Å². The summed E-state index contributed by atoms with van der Waals surface area (Å²) in [6.45, 7) is 2.53. The number of rotatable bonds is 4. The zero-order chi connectivity index (χ0) is 10.6. The van der Waals surface area contributed by atoms with Gasteiger partial charge in [-0.15, -0.1) is 0 Å². The Morgan fingerprint density at radius 1 is 1.50 bits per heavy atom. The van der Waals surface area contributed by atoms with E-state index in [2.05, 4.69) is 0 Å². The van der Waals surface area contributed by atoms with E-state index >= 15 is 0 Å². The normalized spacial score (nSPS) is 9.79. The van der Waals surface area contributed by atoms with E-state index in [-0.39, 0.29) is 0 Å². The van der Waals surface area contributed by atoms with E-state index in [0.717, 1.165) is 6.42 Å². The molecule has 14 heavy (non-hydrogen) atoms. The molecule has 0 aromatic heterocycles. The van der Waals surface area contributed by atoms with E-state index in [4.69, 9.17) is 16.2 Å². The van der Waals surface area contributed by atoms with Crippen LogP contribution in [0.25, 0.3) is 0 Å². The number of hydrogen-bond donors (Lipinski definition) is 2. The molecule has 0 saturated heterocycles. The van der Waals surface area contributed by atoms with Gasteiger partial charge >= 0.3 is 0 Å². The quantitative estimate of drug-likeness (QED) is 0.706. The summed E-state index contributed by atoms with van der Waals surface area (Å²) < 4.78 is 5.35. The first-order valence-electron chi connectivity index (χ1n) is 4.47. The minimum absolute atomic E-state index is 0.368. The van der Waals surface area contributed by atoms with Crippen LogP contribution in [0.15, 0.2) is 18.2 Å². The molecule has 0 radical (unpaired) electrons. The second-order valence-corrected chi connectivity index (χ2v) is 2.97. The molecule has 0 fully saturated rings. The smallest absolute Gasteiger partial charge is 0.252 e. The molecule has 0 aliphatic carbocycles. The molecule has 0 bridgehead atoms. The van der Waals surface area contributed by atoms with Gasteiger partial charge in [-0.25, -0.2) is 0 Å². The van der Waals surface area contributed by atoms with Crippen LogP contribution in [-0.4, -0.2) is 12.5 Å². The molecule has 0 heterocycles. The molecule has 0 unspecified atom stereocenters. The van der Waals surface area contributed by atoms with E-state index in [1.165, 1.54) is 0 Å². The monoisotopic (exact) mass is 194 g/mol. The molecule has 0 atom stereocenters. The summed E-state index contributed by atoms with van der Waals surface area (Å²) in [5.41, 5.74) is 11.7. The van der Waals surface area contributed by atoms with Crippen molar-refractivity contribution < 1.29 is 9.53 Å². The SMILES string of the molecule is CCCOc1cc(N)ccc1C(N)=O. The van der Waals surface area contributed by atoms with E-state index in [0.29, 0.717) is 23.6 Å². The predicted molar refractivity (Wildman–Crippen MR) is 55.2 cm³/mol. The molecule has 76 valence electrons. The van der Waals surface area contributed by atoms with Crippen molar-refractivity contribution in [2.75, 3.05) is 12.3 Å². The Kier molecular flexibility index (Phi) is 3.34. The van der Waals surface area contributed by atoms with Crippen molar-refractivity contribution in [1.29, 1.82) is 0 Å². The van der Waals surface area contributed by atoms with Crippen LogP contribution in [-0.2, 0) is 0 Å². The van der Waals surface area contributed by atoms with Gasteiger partial charge in [0.05, 0.1) is 12.2 Å². The molecule has 4 heteroatoms. The van der Waals surface area contributed by atoms with Gasteiger partial charge in [0.2, 0.25) is 0 Å². The molecule has 0 spiro atoms. The summed E-state index contributed by atoms with van der Waals surface area (Å²) in [4.78, 5) is 11.0. The fraction of sp³-hybridized carbons (Fsp3) is 0.300. The lowest BCUT2D eigenvalue weighted by Crippen LogP contribution is -2.13. The van der Waals surface area contributed by atoms with Gasteiger partial charge in [-0.05, 0) is 18.6 Å². The zero-order valence-electron chi connectivity index (χ0n) is 8.12. The standard InChI is InChI=1S/C10H14N2O2/c1-2-5-14-9-6-7(11)3-4-8(9)10(12)13/h3-4,6H,2,5,11H2,1H3,(H2,12,13). The minimum atomic E-state index is -0.504. The van der Waals surface area contributed by atoms with Gasteiger partial charge in [-0.2, -0.15) is 0 Å². The number of anilines is 1. The molecular formula is C10H14N2O2. The van der Waals surface area contributed by atoms with E-state index in [1.54, 1.807) is 18.2 Å². The average molecular weight is 194 g/mol. The fourth-order valence-corrected chi connectivity index (χ4v) is 1.07. The van der Waals surface area contributed by atoms with E-state index in [9.17, 15) is 4.79 Å². The van der Waals surface area contributed by atoms with Crippen LogP contribution in [0.2, 0.25) is 0 Å². The summed E-state index contributed by atoms with van der Waals surface area (Å²) in [6.07, 6.45) is 0.868. The number of benzene rings is 1. The minimum Gasteiger partial charge on any atom is -0.493 e. The molecule has 1 aromatic rings. The first-order valence-corrected chi connectivity index (χ1v) is 4.47. The van der Waals surface area contributed by atoms with Crippen LogP contribution in [0.1, 0.15) is 23.7 Å². The summed E-state index contributed by atoms with van der Waals surface area (Å²) in [5, 5.41) is 0. The number of nitrogen functional groups attached to an aromatic ring is 1. The number of nitrogens with two attached hydrogens (primary N) is 2. The number of primary amides is 1. The second-order valence-electron chi connectivity index (χ2n) is 2.97. The van der Waals surface area contributed by atoms with Gasteiger partial charge in [0.15, 0.2) is 0 Å². The first kappa shape index (κ1) is 10.4. The highest BCUT2D eigenvalue weighted by atomic mass is 16.5. The van der Waals surface area contributed by atoms with Gasteiger partial charge in [0.25, 0.3) is 5.91 Å². The van der Waals surface area contributed by atoms with Crippen molar-refractivity contribution in [3.63, 3.8) is 0 Å². The Bertz CT molecular complexity index is 337. The van der Waals surface area contributed by atoms with Gasteiger partial charge in [0, 0.05) is 11.8 Å². The molecule has 1 rings (SSSR count). The Balaban J connectivity index is 2.97. The number of carbonyl (C=O) groups is 1. The molecule has 4 N–H and O–H groups in total. The Hall–Kier alpha value is -1.71. The van der Waals surface area contributed by atoms with Crippen LogP contribution in [0, 0.1) is 0 Å². The van der Waals surface area contributed by atoms with Crippen molar-refractivity contribution in [1.82, 2.24) is 0 Å². The number of amides is 1. The maximum Gasteiger partial charge on any atom is 0.252 e. The lowest BCUT2D eigenvalue weighted by molar-refractivity contribution is 0.0996. The third-order valence-electron chi connectivity index (χ3n) is 1.73. The highest BCUT2D eigenvalue weighted by molar-refractivity contribution is 5.96. The molecule has 1 aromatic carbocycles. The maximum atomic E-state index is 11.0. The maximum absolute atomic E-state index is 11.0. The fourth-order valence-electron chi connectivity index (χ4n) is 1.07. The largest absolute Gasteiger partial charge is 0.493 e. The summed E-state index contributed by atoms with van der Waals surface area (Å²) in [5.74, 6) is -0.0459. The van der Waals surface area contributed by atoms with Crippen LogP contribution in [0.5, 0.6) is 5.75 Å². The van der Waals surface area contributed by atoms with Crippen molar-refractivity contribution in [3.05, 3.63) is 23.8 Å². The Labute approximate surface area is 82.8 Å². The molecule has 0 saturated carbocycles. The van der Waals surface area contributed by atoms with Crippen LogP contribution < -0.4 is 16.2 Å². The predicted octanol–water partition coefficient (Wildman–Crippen LogP) is 1.16. The van der Waals surface area contributed by atoms with Gasteiger partial charge in [-0.3, -0.25) is 4.79 Å². The third kappa shape index (κ3) is 2.39. The lowest BCUT2D eigenvalue weighted by Gasteiger charge is -2.08. The topological polar surface area (TPSA) is 78.3 Å². The molecular weight excluding hydrogens is 180 g/mol. The zero-order valence-corrected chi connectivity index (χ0v) is 8.12. The lowest BCUT2D eigenvalue weighted by atomic mass is 10.1. The van der Waals surface area contributed by atoms with Crippen molar-refractivity contribution in [2.45, 2.75) is 13.3 Å². The van der Waals surface area contributed by atoms with E-state index in [1.807, 2.05) is 6.92 Å². The number of ether oxygens (including phenoxy) is 1. The Morgan fingerprint density at radius 2 is 2.21 bits per heavy atom. The molecule has 0 aliphatic rings. The Morgan fingerprint density at radius 3 is 2.79 bits per heavy atom. The van der Waals surface area contributed by atoms with Crippen LogP contribution in [0.4, 0.5) is 5.69 Å². The molecule has 4 nitrogen and oxygen atoms in total. The van der Waals surface area contributed by atoms with Crippen molar-refractivity contribution in [3.8, 4) is 5.75 Å². The van der Waals surface area contributed by atoms with Crippen LogP contribution >= 0.6 is 0 Å². The number of carbonyl (C=O) groups excluding carboxylic acids is 1.